The van der Waals surface area contributed by atoms with Gasteiger partial charge in [0.2, 0.25) is 0 Å². The average molecular weight is 343 g/mol. The predicted octanol–water partition coefficient (Wildman–Crippen LogP) is 2.99. The molecule has 3 rings (SSSR count). The number of carbonyl (C=O) groups excluding carboxylic acids is 1. The first-order chi connectivity index (χ1) is 11.4. The third-order valence-electron chi connectivity index (χ3n) is 4.14. The van der Waals surface area contributed by atoms with Crippen LogP contribution in [0.1, 0.15) is 19.3 Å². The second kappa shape index (κ2) is 6.88. The lowest BCUT2D eigenvalue weighted by molar-refractivity contribution is -0.153. The van der Waals surface area contributed by atoms with E-state index in [-0.39, 0.29) is 17.5 Å². The number of nitrogens with one attached hydrogen (secondary N) is 2. The first kappa shape index (κ1) is 16.9. The van der Waals surface area contributed by atoms with Gasteiger partial charge >= 0.3 is 12.2 Å². The molecule has 5 nitrogen and oxygen atoms in total. The van der Waals surface area contributed by atoms with Crippen molar-refractivity contribution in [2.24, 2.45) is 0 Å². The lowest BCUT2D eigenvalue weighted by Gasteiger charge is -2.17. The summed E-state index contributed by atoms with van der Waals surface area (Å²) in [4.78, 5) is 14.5. The number of rotatable bonds is 5. The quantitative estimate of drug-likeness (QED) is 0.864. The van der Waals surface area contributed by atoms with Gasteiger partial charge in [-0.15, -0.1) is 0 Å². The van der Waals surface area contributed by atoms with E-state index in [1.54, 1.807) is 12.1 Å². The van der Waals surface area contributed by atoms with E-state index in [9.17, 15) is 18.0 Å². The molecule has 0 aromatic heterocycles. The number of nitrogens with zero attached hydrogens (tertiary/aromatic N) is 1. The summed E-state index contributed by atoms with van der Waals surface area (Å²) in [6.07, 6.45) is -1.09. The van der Waals surface area contributed by atoms with Gasteiger partial charge in [-0.25, -0.2) is 4.79 Å². The summed E-state index contributed by atoms with van der Waals surface area (Å²) in [5.41, 5.74) is 0.219. The summed E-state index contributed by atoms with van der Waals surface area (Å²) in [6, 6.07) is 6.38. The van der Waals surface area contributed by atoms with Crippen LogP contribution in [0.25, 0.3) is 0 Å². The maximum Gasteiger partial charge on any atom is 0.422 e. The molecular weight excluding hydrogens is 323 g/mol. The fourth-order valence-corrected chi connectivity index (χ4v) is 2.88. The highest BCUT2D eigenvalue weighted by Crippen LogP contribution is 2.30. The number of para-hydroxylation sites is 2. The molecule has 1 saturated heterocycles. The highest BCUT2D eigenvalue weighted by molar-refractivity contribution is 5.91. The summed E-state index contributed by atoms with van der Waals surface area (Å²) in [5, 5.41) is 5.44. The van der Waals surface area contributed by atoms with Crippen molar-refractivity contribution in [3.05, 3.63) is 24.3 Å². The van der Waals surface area contributed by atoms with Crippen LogP contribution in [0.15, 0.2) is 24.3 Å². The van der Waals surface area contributed by atoms with Gasteiger partial charge in [0, 0.05) is 25.2 Å². The molecule has 1 aromatic carbocycles. The molecule has 0 bridgehead atoms. The SMILES string of the molecule is O=C(Nc1ccccc1OCC(F)(F)F)N[C@@H]1CCN(C2CC2)C1. The Labute approximate surface area is 138 Å². The molecule has 24 heavy (non-hydrogen) atoms. The van der Waals surface area contributed by atoms with E-state index < -0.39 is 18.8 Å². The van der Waals surface area contributed by atoms with Gasteiger partial charge in [-0.1, -0.05) is 12.1 Å². The number of amides is 2. The molecule has 1 heterocycles. The first-order valence-corrected chi connectivity index (χ1v) is 8.01. The average Bonchev–Trinajstić information content (AvgIpc) is 3.26. The second-order valence-corrected chi connectivity index (χ2v) is 6.21. The Kier molecular flexibility index (Phi) is 4.84. The lowest BCUT2D eigenvalue weighted by atomic mass is 10.2. The van der Waals surface area contributed by atoms with Crippen LogP contribution in [-0.4, -0.2) is 48.9 Å². The molecule has 1 saturated carbocycles. The van der Waals surface area contributed by atoms with E-state index in [1.807, 2.05) is 0 Å². The third kappa shape index (κ3) is 4.77. The number of alkyl halides is 3. The van der Waals surface area contributed by atoms with Gasteiger partial charge in [-0.05, 0) is 31.4 Å². The minimum atomic E-state index is -4.43. The van der Waals surface area contributed by atoms with Crippen molar-refractivity contribution in [2.75, 3.05) is 25.0 Å². The van der Waals surface area contributed by atoms with Crippen molar-refractivity contribution in [1.82, 2.24) is 10.2 Å². The fraction of sp³-hybridized carbons (Fsp3) is 0.562. The van der Waals surface area contributed by atoms with Crippen LogP contribution < -0.4 is 15.4 Å². The number of carbonyl (C=O) groups is 1. The third-order valence-corrected chi connectivity index (χ3v) is 4.14. The Balaban J connectivity index is 1.52. The predicted molar refractivity (Wildman–Crippen MR) is 83.1 cm³/mol. The summed E-state index contributed by atoms with van der Waals surface area (Å²) in [5.74, 6) is -0.00370. The zero-order valence-electron chi connectivity index (χ0n) is 13.1. The summed E-state index contributed by atoms with van der Waals surface area (Å²) >= 11 is 0. The van der Waals surface area contributed by atoms with Crippen LogP contribution >= 0.6 is 0 Å². The number of anilines is 1. The summed E-state index contributed by atoms with van der Waals surface area (Å²) < 4.78 is 41.6. The zero-order valence-corrected chi connectivity index (χ0v) is 13.1. The van der Waals surface area contributed by atoms with Crippen molar-refractivity contribution in [3.8, 4) is 5.75 Å². The van der Waals surface area contributed by atoms with Crippen molar-refractivity contribution >= 4 is 11.7 Å². The van der Waals surface area contributed by atoms with Crippen molar-refractivity contribution < 1.29 is 22.7 Å². The minimum Gasteiger partial charge on any atom is -0.482 e. The smallest absolute Gasteiger partial charge is 0.422 e. The number of benzene rings is 1. The van der Waals surface area contributed by atoms with Gasteiger partial charge in [-0.2, -0.15) is 13.2 Å². The number of ether oxygens (including phenoxy) is 1. The zero-order chi connectivity index (χ0) is 17.2. The van der Waals surface area contributed by atoms with Gasteiger partial charge in [0.1, 0.15) is 5.75 Å². The second-order valence-electron chi connectivity index (χ2n) is 6.21. The maximum atomic E-state index is 12.3. The number of urea groups is 1. The Bertz CT molecular complexity index is 590. The standard InChI is InChI=1S/C16H20F3N3O2/c17-16(18,19)10-24-14-4-2-1-3-13(14)21-15(23)20-11-7-8-22(9-11)12-5-6-12/h1-4,11-12H,5-10H2,(H2,20,21,23)/t11-/m1/s1. The Morgan fingerprint density at radius 1 is 1.25 bits per heavy atom. The monoisotopic (exact) mass is 343 g/mol. The molecule has 1 aromatic rings. The molecule has 2 N–H and O–H groups in total. The molecule has 2 amide bonds. The van der Waals surface area contributed by atoms with Crippen molar-refractivity contribution in [2.45, 2.75) is 37.5 Å². The van der Waals surface area contributed by atoms with Crippen molar-refractivity contribution in [3.63, 3.8) is 0 Å². The Morgan fingerprint density at radius 2 is 2.00 bits per heavy atom. The molecule has 1 aliphatic heterocycles. The number of hydrogen-bond donors (Lipinski definition) is 2. The minimum absolute atomic E-state index is 0.00370. The molecule has 8 heteroatoms. The first-order valence-electron chi connectivity index (χ1n) is 8.01. The molecule has 1 atom stereocenters. The Hall–Kier alpha value is -1.96. The fourth-order valence-electron chi connectivity index (χ4n) is 2.88. The molecule has 1 aliphatic carbocycles. The normalized spacial score (nSPS) is 21.5. The van der Waals surface area contributed by atoms with Crippen LogP contribution in [0, 0.1) is 0 Å². The highest BCUT2D eigenvalue weighted by atomic mass is 19.4. The number of hydrogen-bond acceptors (Lipinski definition) is 3. The van der Waals surface area contributed by atoms with Crippen LogP contribution in [0.2, 0.25) is 0 Å². The van der Waals surface area contributed by atoms with Crippen molar-refractivity contribution in [1.29, 1.82) is 0 Å². The molecule has 0 unspecified atom stereocenters. The van der Waals surface area contributed by atoms with E-state index >= 15 is 0 Å². The largest absolute Gasteiger partial charge is 0.482 e. The van der Waals surface area contributed by atoms with E-state index in [0.717, 1.165) is 19.5 Å². The maximum absolute atomic E-state index is 12.3. The van der Waals surface area contributed by atoms with Crippen LogP contribution in [-0.2, 0) is 0 Å². The molecule has 0 radical (unpaired) electrons. The van der Waals surface area contributed by atoms with E-state index in [2.05, 4.69) is 15.5 Å². The number of halogens is 3. The molecule has 0 spiro atoms. The van der Waals surface area contributed by atoms with Gasteiger partial charge in [-0.3, -0.25) is 4.90 Å². The lowest BCUT2D eigenvalue weighted by Crippen LogP contribution is -2.40. The van der Waals surface area contributed by atoms with Gasteiger partial charge < -0.3 is 15.4 Å². The topological polar surface area (TPSA) is 53.6 Å². The molecular formula is C16H20F3N3O2. The van der Waals surface area contributed by atoms with E-state index in [1.165, 1.54) is 25.0 Å². The summed E-state index contributed by atoms with van der Waals surface area (Å²) in [7, 11) is 0. The van der Waals surface area contributed by atoms with E-state index in [4.69, 9.17) is 4.74 Å². The number of likely N-dealkylation sites (tertiary alicyclic amines) is 1. The summed E-state index contributed by atoms with van der Waals surface area (Å²) in [6.45, 7) is 0.400. The van der Waals surface area contributed by atoms with Gasteiger partial charge in [0.15, 0.2) is 6.61 Å². The molecule has 132 valence electrons. The van der Waals surface area contributed by atoms with Crippen LogP contribution in [0.3, 0.4) is 0 Å². The van der Waals surface area contributed by atoms with E-state index in [0.29, 0.717) is 6.04 Å². The molecule has 2 aliphatic rings. The van der Waals surface area contributed by atoms with Gasteiger partial charge in [0.05, 0.1) is 5.69 Å². The van der Waals surface area contributed by atoms with Crippen LogP contribution in [0.4, 0.5) is 23.7 Å². The van der Waals surface area contributed by atoms with Crippen LogP contribution in [0.5, 0.6) is 5.75 Å². The molecule has 2 fully saturated rings. The van der Waals surface area contributed by atoms with Gasteiger partial charge in [0.25, 0.3) is 0 Å². The highest BCUT2D eigenvalue weighted by Gasteiger charge is 2.34. The Morgan fingerprint density at radius 3 is 2.71 bits per heavy atom.